The lowest BCUT2D eigenvalue weighted by molar-refractivity contribution is -0.0552. The first kappa shape index (κ1) is 20.1. The molecule has 3 atom stereocenters. The van der Waals surface area contributed by atoms with Crippen LogP contribution >= 0.6 is 0 Å². The Balaban J connectivity index is 2.00. The molecule has 0 aliphatic rings. The van der Waals surface area contributed by atoms with Gasteiger partial charge in [-0.15, -0.1) is 0 Å². The van der Waals surface area contributed by atoms with Gasteiger partial charge >= 0.3 is 5.97 Å². The van der Waals surface area contributed by atoms with Gasteiger partial charge in [0.25, 0.3) is 0 Å². The quantitative estimate of drug-likeness (QED) is 0.563. The molecule has 26 heavy (non-hydrogen) atoms. The Hall–Kier alpha value is -2.17. The number of aliphatic hydroxyl groups excluding tert-OH is 1. The molecule has 2 aromatic rings. The molecule has 0 heterocycles. The highest BCUT2D eigenvalue weighted by Gasteiger charge is 2.27. The number of hydrogen-bond donors (Lipinski definition) is 1. The summed E-state index contributed by atoms with van der Waals surface area (Å²) in [5, 5.41) is 10.8. The molecule has 0 bridgehead atoms. The average Bonchev–Trinajstić information content (AvgIpc) is 2.62. The highest BCUT2D eigenvalue weighted by atomic mass is 16.5. The number of aliphatic hydroxyl groups is 1. The largest absolute Gasteiger partial charge is 0.459 e. The van der Waals surface area contributed by atoms with Crippen molar-refractivity contribution in [3.63, 3.8) is 0 Å². The van der Waals surface area contributed by atoms with Crippen LogP contribution < -0.4 is 0 Å². The fourth-order valence-electron chi connectivity index (χ4n) is 3.30. The fourth-order valence-corrected chi connectivity index (χ4v) is 3.30. The molecule has 2 rings (SSSR count). The van der Waals surface area contributed by atoms with Crippen LogP contribution in [0, 0.1) is 0 Å². The van der Waals surface area contributed by atoms with E-state index in [0.717, 1.165) is 5.56 Å². The van der Waals surface area contributed by atoms with Gasteiger partial charge in [-0.1, -0.05) is 48.5 Å². The maximum atomic E-state index is 12.2. The monoisotopic (exact) mass is 355 g/mol. The van der Waals surface area contributed by atoms with E-state index in [4.69, 9.17) is 4.74 Å². The Labute approximate surface area is 156 Å². The highest BCUT2D eigenvalue weighted by Crippen LogP contribution is 2.25. The predicted octanol–water partition coefficient (Wildman–Crippen LogP) is 4.41. The summed E-state index contributed by atoms with van der Waals surface area (Å²) in [6.07, 6.45) is -0.300. The van der Waals surface area contributed by atoms with Crippen LogP contribution in [0.2, 0.25) is 0 Å². The van der Waals surface area contributed by atoms with Crippen molar-refractivity contribution in [2.24, 2.45) is 0 Å². The van der Waals surface area contributed by atoms with Crippen LogP contribution in [0.3, 0.4) is 0 Å². The van der Waals surface area contributed by atoms with E-state index in [0.29, 0.717) is 12.0 Å². The molecule has 0 aromatic heterocycles. The van der Waals surface area contributed by atoms with Crippen molar-refractivity contribution in [3.8, 4) is 0 Å². The van der Waals surface area contributed by atoms with Crippen molar-refractivity contribution in [2.45, 2.75) is 58.5 Å². The van der Waals surface area contributed by atoms with Gasteiger partial charge in [-0.25, -0.2) is 4.79 Å². The summed E-state index contributed by atoms with van der Waals surface area (Å²) in [6, 6.07) is 18.8. The minimum Gasteiger partial charge on any atom is -0.459 e. The summed E-state index contributed by atoms with van der Waals surface area (Å²) >= 11 is 0. The molecule has 3 unspecified atom stereocenters. The topological polar surface area (TPSA) is 49.8 Å². The molecule has 4 nitrogen and oxygen atoms in total. The molecule has 0 spiro atoms. The molecule has 1 N–H and O–H groups in total. The van der Waals surface area contributed by atoms with Crippen LogP contribution in [0.4, 0.5) is 0 Å². The predicted molar refractivity (Wildman–Crippen MR) is 104 cm³/mol. The van der Waals surface area contributed by atoms with E-state index in [2.05, 4.69) is 20.8 Å². The number of rotatable bonds is 8. The molecule has 0 aliphatic heterocycles. The smallest absolute Gasteiger partial charge is 0.338 e. The van der Waals surface area contributed by atoms with Gasteiger partial charge in [0.2, 0.25) is 0 Å². The molecule has 0 fully saturated rings. The Morgan fingerprint density at radius 2 is 1.50 bits per heavy atom. The van der Waals surface area contributed by atoms with Crippen LogP contribution in [0.15, 0.2) is 60.7 Å². The van der Waals surface area contributed by atoms with Crippen molar-refractivity contribution in [1.82, 2.24) is 4.90 Å². The van der Waals surface area contributed by atoms with Crippen molar-refractivity contribution < 1.29 is 14.6 Å². The lowest BCUT2D eigenvalue weighted by Gasteiger charge is -2.37. The van der Waals surface area contributed by atoms with Gasteiger partial charge in [0.05, 0.1) is 5.56 Å². The molecule has 0 saturated carbocycles. The minimum absolute atomic E-state index is 0.0452. The summed E-state index contributed by atoms with van der Waals surface area (Å²) in [5.74, 6) is -0.315. The first-order chi connectivity index (χ1) is 12.4. The molecule has 0 radical (unpaired) electrons. The van der Waals surface area contributed by atoms with E-state index >= 15 is 0 Å². The summed E-state index contributed by atoms with van der Waals surface area (Å²) in [4.78, 5) is 14.3. The number of esters is 1. The minimum atomic E-state index is -0.691. The first-order valence-electron chi connectivity index (χ1n) is 9.16. The molecular formula is C22H29NO3. The Bertz CT molecular complexity index is 672. The van der Waals surface area contributed by atoms with E-state index in [1.54, 1.807) is 12.1 Å². The summed E-state index contributed by atoms with van der Waals surface area (Å²) < 4.78 is 5.58. The Kier molecular flexibility index (Phi) is 7.37. The molecule has 140 valence electrons. The van der Waals surface area contributed by atoms with Gasteiger partial charge in [0.15, 0.2) is 0 Å². The standard InChI is InChI=1S/C22H29NO3/c1-16(2)23(21(24)19-11-7-5-8-12-19)17(3)15-18(4)26-22(25)20-13-9-6-10-14-20/h5-14,16-18,21,24H,15H2,1-4H3. The van der Waals surface area contributed by atoms with Crippen LogP contribution in [0.25, 0.3) is 0 Å². The third-order valence-corrected chi connectivity index (χ3v) is 4.48. The fraction of sp³-hybridized carbons (Fsp3) is 0.409. The average molecular weight is 355 g/mol. The second-order valence-corrected chi connectivity index (χ2v) is 6.99. The summed E-state index contributed by atoms with van der Waals surface area (Å²) in [5.41, 5.74) is 1.42. The van der Waals surface area contributed by atoms with Crippen molar-refractivity contribution in [1.29, 1.82) is 0 Å². The number of nitrogens with zero attached hydrogens (tertiary/aromatic N) is 1. The van der Waals surface area contributed by atoms with Crippen molar-refractivity contribution in [3.05, 3.63) is 71.8 Å². The van der Waals surface area contributed by atoms with Crippen LogP contribution in [0.1, 0.15) is 56.3 Å². The van der Waals surface area contributed by atoms with E-state index in [-0.39, 0.29) is 24.2 Å². The van der Waals surface area contributed by atoms with Gasteiger partial charge < -0.3 is 9.84 Å². The summed E-state index contributed by atoms with van der Waals surface area (Å²) in [6.45, 7) is 8.07. The van der Waals surface area contributed by atoms with Gasteiger partial charge in [-0.3, -0.25) is 4.90 Å². The lowest BCUT2D eigenvalue weighted by atomic mass is 10.1. The molecule has 0 amide bonds. The van der Waals surface area contributed by atoms with E-state index < -0.39 is 6.23 Å². The third-order valence-electron chi connectivity index (χ3n) is 4.48. The Morgan fingerprint density at radius 1 is 0.962 bits per heavy atom. The zero-order valence-corrected chi connectivity index (χ0v) is 16.0. The van der Waals surface area contributed by atoms with Crippen molar-refractivity contribution >= 4 is 5.97 Å². The maximum absolute atomic E-state index is 12.2. The van der Waals surface area contributed by atoms with Gasteiger partial charge in [0.1, 0.15) is 12.3 Å². The van der Waals surface area contributed by atoms with Crippen molar-refractivity contribution in [2.75, 3.05) is 0 Å². The lowest BCUT2D eigenvalue weighted by Crippen LogP contribution is -2.43. The number of carbonyl (C=O) groups is 1. The maximum Gasteiger partial charge on any atom is 0.338 e. The SMILES string of the molecule is CC(CC(C)N(C(C)C)C(O)c1ccccc1)OC(=O)c1ccccc1. The van der Waals surface area contributed by atoms with E-state index in [1.807, 2.05) is 60.4 Å². The zero-order valence-electron chi connectivity index (χ0n) is 16.0. The highest BCUT2D eigenvalue weighted by molar-refractivity contribution is 5.89. The molecular weight excluding hydrogens is 326 g/mol. The molecule has 4 heteroatoms. The molecule has 0 aliphatic carbocycles. The number of benzene rings is 2. The van der Waals surface area contributed by atoms with Crippen LogP contribution in [0.5, 0.6) is 0 Å². The van der Waals surface area contributed by atoms with Crippen LogP contribution in [-0.4, -0.2) is 34.2 Å². The number of hydrogen-bond acceptors (Lipinski definition) is 4. The number of carbonyl (C=O) groups excluding carboxylic acids is 1. The van der Waals surface area contributed by atoms with Crippen LogP contribution in [-0.2, 0) is 4.74 Å². The van der Waals surface area contributed by atoms with Gasteiger partial charge in [-0.05, 0) is 51.8 Å². The van der Waals surface area contributed by atoms with Gasteiger partial charge in [-0.2, -0.15) is 0 Å². The second-order valence-electron chi connectivity index (χ2n) is 6.99. The Morgan fingerprint density at radius 3 is 2.04 bits per heavy atom. The summed E-state index contributed by atoms with van der Waals surface area (Å²) in [7, 11) is 0. The molecule has 0 saturated heterocycles. The second kappa shape index (κ2) is 9.51. The van der Waals surface area contributed by atoms with E-state index in [9.17, 15) is 9.90 Å². The van der Waals surface area contributed by atoms with Gasteiger partial charge in [0, 0.05) is 12.1 Å². The zero-order chi connectivity index (χ0) is 19.1. The normalized spacial score (nSPS) is 14.9. The number of ether oxygens (including phenoxy) is 1. The van der Waals surface area contributed by atoms with E-state index in [1.165, 1.54) is 0 Å². The first-order valence-corrected chi connectivity index (χ1v) is 9.16. The third kappa shape index (κ3) is 5.41. The molecule has 2 aromatic carbocycles.